The van der Waals surface area contributed by atoms with E-state index in [0.717, 1.165) is 25.7 Å². The van der Waals surface area contributed by atoms with Gasteiger partial charge in [0.15, 0.2) is 0 Å². The molecule has 3 amide bonds. The standard InChI is InChI=1S/C15H22N4O2/c16-9-10-4-6-11(7-5-10)14(20)18-12-2-1-3-13(8-12)19-15(17)21/h1-3,8,10-11H,4-7,9,16H2,(H,18,20)(H3,17,19,21). The van der Waals surface area contributed by atoms with Gasteiger partial charge in [-0.2, -0.15) is 0 Å². The van der Waals surface area contributed by atoms with Crippen LogP contribution in [0.4, 0.5) is 16.2 Å². The number of hydrogen-bond donors (Lipinski definition) is 4. The third-order valence-corrected chi connectivity index (χ3v) is 3.95. The molecule has 1 saturated carbocycles. The fourth-order valence-corrected chi connectivity index (χ4v) is 2.72. The summed E-state index contributed by atoms with van der Waals surface area (Å²) in [6.07, 6.45) is 3.79. The molecule has 1 aliphatic rings. The first-order chi connectivity index (χ1) is 10.1. The van der Waals surface area contributed by atoms with Gasteiger partial charge in [0.1, 0.15) is 0 Å². The first kappa shape index (κ1) is 15.3. The van der Waals surface area contributed by atoms with Crippen LogP contribution < -0.4 is 22.1 Å². The molecule has 2 rings (SSSR count). The molecule has 114 valence electrons. The van der Waals surface area contributed by atoms with Gasteiger partial charge in [-0.05, 0) is 56.3 Å². The fraction of sp³-hybridized carbons (Fsp3) is 0.467. The Labute approximate surface area is 124 Å². The van der Waals surface area contributed by atoms with Gasteiger partial charge in [0.25, 0.3) is 0 Å². The maximum Gasteiger partial charge on any atom is 0.316 e. The van der Waals surface area contributed by atoms with E-state index in [9.17, 15) is 9.59 Å². The molecule has 0 spiro atoms. The van der Waals surface area contributed by atoms with Crippen LogP contribution in [-0.2, 0) is 4.79 Å². The van der Waals surface area contributed by atoms with Crippen molar-refractivity contribution in [3.63, 3.8) is 0 Å². The monoisotopic (exact) mass is 290 g/mol. The highest BCUT2D eigenvalue weighted by atomic mass is 16.2. The molecule has 0 saturated heterocycles. The van der Waals surface area contributed by atoms with Crippen molar-refractivity contribution in [2.75, 3.05) is 17.2 Å². The maximum atomic E-state index is 12.2. The number of hydrogen-bond acceptors (Lipinski definition) is 3. The number of rotatable bonds is 4. The molecule has 1 fully saturated rings. The maximum absolute atomic E-state index is 12.2. The zero-order valence-electron chi connectivity index (χ0n) is 12.0. The first-order valence-electron chi connectivity index (χ1n) is 7.26. The van der Waals surface area contributed by atoms with Crippen molar-refractivity contribution < 1.29 is 9.59 Å². The van der Waals surface area contributed by atoms with Crippen molar-refractivity contribution in [3.05, 3.63) is 24.3 Å². The molecule has 0 aliphatic heterocycles. The summed E-state index contributed by atoms with van der Waals surface area (Å²) in [5, 5.41) is 5.38. The third-order valence-electron chi connectivity index (χ3n) is 3.95. The number of carbonyl (C=O) groups is 2. The van der Waals surface area contributed by atoms with Crippen LogP contribution in [0.2, 0.25) is 0 Å². The number of anilines is 2. The predicted octanol–water partition coefficient (Wildman–Crippen LogP) is 1.88. The Morgan fingerprint density at radius 3 is 2.29 bits per heavy atom. The lowest BCUT2D eigenvalue weighted by atomic mass is 9.81. The molecule has 6 nitrogen and oxygen atoms in total. The molecule has 1 aliphatic carbocycles. The molecule has 6 N–H and O–H groups in total. The predicted molar refractivity (Wildman–Crippen MR) is 82.8 cm³/mol. The van der Waals surface area contributed by atoms with E-state index in [0.29, 0.717) is 23.8 Å². The van der Waals surface area contributed by atoms with Crippen molar-refractivity contribution in [2.24, 2.45) is 23.3 Å². The SMILES string of the molecule is NCC1CCC(C(=O)Nc2cccc(NC(N)=O)c2)CC1. The second-order valence-electron chi connectivity index (χ2n) is 5.51. The van der Waals surface area contributed by atoms with Gasteiger partial charge in [-0.25, -0.2) is 4.79 Å². The topological polar surface area (TPSA) is 110 Å². The van der Waals surface area contributed by atoms with Gasteiger partial charge < -0.3 is 22.1 Å². The molecule has 0 aromatic heterocycles. The van der Waals surface area contributed by atoms with E-state index in [4.69, 9.17) is 11.5 Å². The molecule has 0 radical (unpaired) electrons. The summed E-state index contributed by atoms with van der Waals surface area (Å²) in [5.74, 6) is 0.624. The van der Waals surface area contributed by atoms with E-state index >= 15 is 0 Å². The average Bonchev–Trinajstić information content (AvgIpc) is 2.47. The van der Waals surface area contributed by atoms with Crippen molar-refractivity contribution in [3.8, 4) is 0 Å². The Kier molecular flexibility index (Phi) is 5.16. The van der Waals surface area contributed by atoms with Crippen LogP contribution in [0, 0.1) is 11.8 Å². The zero-order valence-corrected chi connectivity index (χ0v) is 12.0. The average molecular weight is 290 g/mol. The number of carbonyl (C=O) groups excluding carboxylic acids is 2. The summed E-state index contributed by atoms with van der Waals surface area (Å²) in [7, 11) is 0. The Bertz CT molecular complexity index is 510. The number of nitrogens with two attached hydrogens (primary N) is 2. The van der Waals surface area contributed by atoms with E-state index in [1.807, 2.05) is 0 Å². The summed E-state index contributed by atoms with van der Waals surface area (Å²) < 4.78 is 0. The number of urea groups is 1. The lowest BCUT2D eigenvalue weighted by Gasteiger charge is -2.26. The molecule has 0 unspecified atom stereocenters. The minimum absolute atomic E-state index is 0.0293. The fourth-order valence-electron chi connectivity index (χ4n) is 2.72. The molecule has 21 heavy (non-hydrogen) atoms. The Hall–Kier alpha value is -2.08. The molecule has 6 heteroatoms. The Balaban J connectivity index is 1.92. The lowest BCUT2D eigenvalue weighted by molar-refractivity contribution is -0.121. The molecule has 0 bridgehead atoms. The van der Waals surface area contributed by atoms with Crippen LogP contribution in [0.5, 0.6) is 0 Å². The van der Waals surface area contributed by atoms with Crippen molar-refractivity contribution in [1.82, 2.24) is 0 Å². The highest BCUT2D eigenvalue weighted by molar-refractivity contribution is 5.94. The molecular formula is C15H22N4O2. The van der Waals surface area contributed by atoms with Gasteiger partial charge in [-0.15, -0.1) is 0 Å². The Morgan fingerprint density at radius 2 is 1.71 bits per heavy atom. The van der Waals surface area contributed by atoms with Gasteiger partial charge in [-0.1, -0.05) is 6.07 Å². The summed E-state index contributed by atoms with van der Waals surface area (Å²) in [4.78, 5) is 23.1. The quantitative estimate of drug-likeness (QED) is 0.679. The number of nitrogens with one attached hydrogen (secondary N) is 2. The van der Waals surface area contributed by atoms with Crippen LogP contribution in [0.3, 0.4) is 0 Å². The molecule has 1 aromatic carbocycles. The summed E-state index contributed by atoms with van der Waals surface area (Å²) >= 11 is 0. The van der Waals surface area contributed by atoms with Gasteiger partial charge in [0.05, 0.1) is 0 Å². The lowest BCUT2D eigenvalue weighted by Crippen LogP contribution is -2.29. The zero-order chi connectivity index (χ0) is 15.2. The van der Waals surface area contributed by atoms with E-state index in [1.54, 1.807) is 24.3 Å². The molecule has 0 atom stereocenters. The molecule has 1 aromatic rings. The summed E-state index contributed by atoms with van der Waals surface area (Å²) in [6.45, 7) is 0.704. The van der Waals surface area contributed by atoms with Crippen molar-refractivity contribution in [2.45, 2.75) is 25.7 Å². The van der Waals surface area contributed by atoms with Crippen LogP contribution >= 0.6 is 0 Å². The van der Waals surface area contributed by atoms with E-state index in [-0.39, 0.29) is 11.8 Å². The number of amides is 3. The largest absolute Gasteiger partial charge is 0.351 e. The highest BCUT2D eigenvalue weighted by Crippen LogP contribution is 2.29. The van der Waals surface area contributed by atoms with Gasteiger partial charge in [0.2, 0.25) is 5.91 Å². The van der Waals surface area contributed by atoms with Crippen molar-refractivity contribution >= 4 is 23.3 Å². The molecular weight excluding hydrogens is 268 g/mol. The third kappa shape index (κ3) is 4.46. The van der Waals surface area contributed by atoms with Crippen LogP contribution in [0.15, 0.2) is 24.3 Å². The van der Waals surface area contributed by atoms with Crippen LogP contribution in [-0.4, -0.2) is 18.5 Å². The van der Waals surface area contributed by atoms with Crippen LogP contribution in [0.25, 0.3) is 0 Å². The number of primary amides is 1. The van der Waals surface area contributed by atoms with Gasteiger partial charge in [0, 0.05) is 17.3 Å². The van der Waals surface area contributed by atoms with E-state index < -0.39 is 6.03 Å². The van der Waals surface area contributed by atoms with E-state index in [2.05, 4.69) is 10.6 Å². The molecule has 0 heterocycles. The normalized spacial score (nSPS) is 21.6. The van der Waals surface area contributed by atoms with E-state index in [1.165, 1.54) is 0 Å². The Morgan fingerprint density at radius 1 is 1.10 bits per heavy atom. The van der Waals surface area contributed by atoms with Crippen molar-refractivity contribution in [1.29, 1.82) is 0 Å². The number of benzene rings is 1. The first-order valence-corrected chi connectivity index (χ1v) is 7.26. The summed E-state index contributed by atoms with van der Waals surface area (Å²) in [6, 6.07) is 6.32. The van der Waals surface area contributed by atoms with Crippen LogP contribution in [0.1, 0.15) is 25.7 Å². The minimum atomic E-state index is -0.626. The smallest absolute Gasteiger partial charge is 0.316 e. The second kappa shape index (κ2) is 7.08. The minimum Gasteiger partial charge on any atom is -0.351 e. The summed E-state index contributed by atoms with van der Waals surface area (Å²) in [5.41, 5.74) is 12.0. The highest BCUT2D eigenvalue weighted by Gasteiger charge is 2.25. The van der Waals surface area contributed by atoms with Gasteiger partial charge >= 0.3 is 6.03 Å². The second-order valence-corrected chi connectivity index (χ2v) is 5.51. The van der Waals surface area contributed by atoms with Gasteiger partial charge in [-0.3, -0.25) is 4.79 Å².